The summed E-state index contributed by atoms with van der Waals surface area (Å²) in [6.45, 7) is 1.89. The lowest BCUT2D eigenvalue weighted by Gasteiger charge is -2.37. The fraction of sp³-hybridized carbons (Fsp3) is 0.429. The number of rotatable bonds is 6. The molecule has 1 aromatic heterocycles. The number of amides is 1. The minimum atomic E-state index is -0.957. The average molecular weight is 507 g/mol. The van der Waals surface area contributed by atoms with Crippen LogP contribution in [-0.2, 0) is 6.42 Å². The van der Waals surface area contributed by atoms with Crippen LogP contribution in [0.5, 0.6) is 0 Å². The number of thioether (sulfide) groups is 1. The molecule has 3 fully saturated rings. The van der Waals surface area contributed by atoms with Gasteiger partial charge in [0, 0.05) is 24.3 Å². The second kappa shape index (κ2) is 8.28. The van der Waals surface area contributed by atoms with Gasteiger partial charge in [0.1, 0.15) is 10.5 Å². The van der Waals surface area contributed by atoms with Gasteiger partial charge in [0.2, 0.25) is 0 Å². The van der Waals surface area contributed by atoms with Gasteiger partial charge in [-0.05, 0) is 53.6 Å². The van der Waals surface area contributed by atoms with Crippen LogP contribution in [0.4, 0.5) is 14.9 Å². The first-order valence-corrected chi connectivity index (χ1v) is 11.8. The number of nitrogens with one attached hydrogen (secondary N) is 1. The third-order valence-corrected chi connectivity index (χ3v) is 7.65. The number of aromatic nitrogens is 1. The van der Waals surface area contributed by atoms with Crippen molar-refractivity contribution in [3.63, 3.8) is 0 Å². The molecule has 3 atom stereocenters. The van der Waals surface area contributed by atoms with E-state index in [0.29, 0.717) is 40.2 Å². The molecular weight excluding hydrogens is 487 g/mol. The van der Waals surface area contributed by atoms with E-state index in [1.54, 1.807) is 12.3 Å². The molecule has 2 saturated heterocycles. The predicted molar refractivity (Wildman–Crippen MR) is 119 cm³/mol. The molecule has 1 aliphatic carbocycles. The number of anilines is 1. The molecule has 2 bridgehead atoms. The van der Waals surface area contributed by atoms with Crippen LogP contribution in [-0.4, -0.2) is 51.8 Å². The second-order valence-corrected chi connectivity index (χ2v) is 9.40. The fourth-order valence-electron chi connectivity index (χ4n) is 4.58. The number of carbonyl (C=O) groups is 2. The molecule has 3 heterocycles. The third-order valence-electron chi connectivity index (χ3n) is 6.11. The molecule has 2 aromatic rings. The molecule has 10 heteroatoms. The van der Waals surface area contributed by atoms with Gasteiger partial charge >= 0.3 is 6.09 Å². The van der Waals surface area contributed by atoms with Crippen LogP contribution in [0.15, 0.2) is 15.6 Å². The standard InChI is InChI=1S/C21H20BrFN4O3S/c1-9(28)14-18(25-17-11-7-13(17)27(8-11)21(29)30)12-6-10(4-3-5-24)15(22)16(23)19(12)26-20(14)31-2/h6,11,13,17H,3-4,7-8H2,1-2H3,(H,25,26)(H,29,30)/t11-,13-,17?/m1/s1. The van der Waals surface area contributed by atoms with Gasteiger partial charge in [-0.3, -0.25) is 4.79 Å². The van der Waals surface area contributed by atoms with E-state index in [0.717, 1.165) is 6.42 Å². The van der Waals surface area contributed by atoms with Crippen molar-refractivity contribution in [3.05, 3.63) is 27.5 Å². The number of benzene rings is 1. The molecule has 31 heavy (non-hydrogen) atoms. The average Bonchev–Trinajstić information content (AvgIpc) is 3.33. The lowest BCUT2D eigenvalue weighted by Crippen LogP contribution is -2.49. The van der Waals surface area contributed by atoms with E-state index >= 15 is 4.39 Å². The Hall–Kier alpha value is -2.38. The Bertz CT molecular complexity index is 1150. The van der Waals surface area contributed by atoms with Crippen molar-refractivity contribution < 1.29 is 19.1 Å². The third kappa shape index (κ3) is 3.53. The molecule has 1 aromatic carbocycles. The molecular formula is C21H20BrFN4O3S. The summed E-state index contributed by atoms with van der Waals surface area (Å²) in [5, 5.41) is 22.7. The van der Waals surface area contributed by atoms with E-state index in [9.17, 15) is 14.7 Å². The van der Waals surface area contributed by atoms with Gasteiger partial charge in [0.15, 0.2) is 11.6 Å². The Morgan fingerprint density at radius 2 is 2.26 bits per heavy atom. The number of aryl methyl sites for hydroxylation is 1. The lowest BCUT2D eigenvalue weighted by atomic mass is 9.79. The Balaban J connectivity index is 1.89. The number of pyridine rings is 1. The zero-order valence-corrected chi connectivity index (χ0v) is 19.3. The summed E-state index contributed by atoms with van der Waals surface area (Å²) >= 11 is 4.55. The van der Waals surface area contributed by atoms with Crippen LogP contribution in [0, 0.1) is 23.1 Å². The van der Waals surface area contributed by atoms with Crippen molar-refractivity contribution in [1.29, 1.82) is 5.26 Å². The van der Waals surface area contributed by atoms with Gasteiger partial charge < -0.3 is 15.3 Å². The van der Waals surface area contributed by atoms with Gasteiger partial charge in [-0.25, -0.2) is 14.2 Å². The highest BCUT2D eigenvalue weighted by Crippen LogP contribution is 2.45. The zero-order valence-electron chi connectivity index (χ0n) is 16.9. The quantitative estimate of drug-likeness (QED) is 0.432. The number of hydrogen-bond acceptors (Lipinski definition) is 6. The van der Waals surface area contributed by atoms with Gasteiger partial charge in [-0.1, -0.05) is 0 Å². The Morgan fingerprint density at radius 3 is 2.84 bits per heavy atom. The van der Waals surface area contributed by atoms with Crippen molar-refractivity contribution >= 4 is 56.2 Å². The SMILES string of the molecule is CSc1nc2c(F)c(Br)c(CCC#N)cc2c(NC2[C@@H]3C[C@H]2N(C(=O)O)C3)c1C(C)=O. The summed E-state index contributed by atoms with van der Waals surface area (Å²) in [4.78, 5) is 29.9. The Kier molecular flexibility index (Phi) is 5.83. The number of carbonyl (C=O) groups excluding carboxylic acids is 1. The van der Waals surface area contributed by atoms with E-state index in [1.165, 1.54) is 23.6 Å². The monoisotopic (exact) mass is 506 g/mol. The minimum absolute atomic E-state index is 0.131. The first-order chi connectivity index (χ1) is 14.8. The van der Waals surface area contributed by atoms with Gasteiger partial charge in [0.25, 0.3) is 0 Å². The number of carboxylic acid groups (broad SMARTS) is 1. The van der Waals surface area contributed by atoms with Crippen molar-refractivity contribution in [2.45, 2.75) is 43.3 Å². The van der Waals surface area contributed by atoms with Gasteiger partial charge in [-0.15, -0.1) is 11.8 Å². The van der Waals surface area contributed by atoms with Crippen LogP contribution in [0.2, 0.25) is 0 Å². The molecule has 2 N–H and O–H groups in total. The normalized spacial score (nSPS) is 21.6. The maximum Gasteiger partial charge on any atom is 0.407 e. The van der Waals surface area contributed by atoms with Crippen LogP contribution in [0.3, 0.4) is 0 Å². The largest absolute Gasteiger partial charge is 0.465 e. The Labute approximate surface area is 191 Å². The predicted octanol–water partition coefficient (Wildman–Crippen LogP) is 4.68. The summed E-state index contributed by atoms with van der Waals surface area (Å²) in [6, 6.07) is 3.50. The summed E-state index contributed by atoms with van der Waals surface area (Å²) in [5.41, 5.74) is 1.61. The van der Waals surface area contributed by atoms with E-state index in [1.807, 2.05) is 0 Å². The second-order valence-electron chi connectivity index (χ2n) is 7.81. The van der Waals surface area contributed by atoms with Gasteiger partial charge in [0.05, 0.1) is 33.9 Å². The topological polar surface area (TPSA) is 106 Å². The van der Waals surface area contributed by atoms with Crippen molar-refractivity contribution in [2.75, 3.05) is 18.1 Å². The number of ketones is 1. The van der Waals surface area contributed by atoms with Crippen LogP contribution < -0.4 is 5.32 Å². The highest BCUT2D eigenvalue weighted by Gasteiger charge is 2.54. The van der Waals surface area contributed by atoms with Crippen LogP contribution >= 0.6 is 27.7 Å². The molecule has 1 amide bonds. The fourth-order valence-corrected chi connectivity index (χ4v) is 5.72. The molecule has 162 valence electrons. The highest BCUT2D eigenvalue weighted by molar-refractivity contribution is 9.10. The molecule has 5 rings (SSSR count). The van der Waals surface area contributed by atoms with Crippen molar-refractivity contribution in [2.24, 2.45) is 5.92 Å². The number of Topliss-reactive ketones (excluding diaryl/α,β-unsaturated/α-hetero) is 1. The van der Waals surface area contributed by atoms with Crippen LogP contribution in [0.1, 0.15) is 35.7 Å². The van der Waals surface area contributed by atoms with E-state index < -0.39 is 11.9 Å². The molecule has 1 unspecified atom stereocenters. The molecule has 3 aliphatic rings. The summed E-state index contributed by atoms with van der Waals surface area (Å²) in [7, 11) is 0. The molecule has 2 aliphatic heterocycles. The number of hydrogen-bond donors (Lipinski definition) is 2. The summed E-state index contributed by atoms with van der Waals surface area (Å²) in [6.07, 6.45) is 2.16. The summed E-state index contributed by atoms with van der Waals surface area (Å²) < 4.78 is 15.5. The first-order valence-electron chi connectivity index (χ1n) is 9.81. The maximum absolute atomic E-state index is 15.3. The lowest BCUT2D eigenvalue weighted by molar-refractivity contribution is 0.101. The number of nitrogens with zero attached hydrogens (tertiary/aromatic N) is 3. The molecule has 0 spiro atoms. The van der Waals surface area contributed by atoms with E-state index in [-0.39, 0.29) is 40.2 Å². The van der Waals surface area contributed by atoms with Crippen molar-refractivity contribution in [1.82, 2.24) is 9.88 Å². The number of nitriles is 1. The molecule has 1 saturated carbocycles. The summed E-state index contributed by atoms with van der Waals surface area (Å²) in [5.74, 6) is -0.604. The first kappa shape index (κ1) is 21.8. The van der Waals surface area contributed by atoms with E-state index in [4.69, 9.17) is 5.26 Å². The number of halogens is 2. The molecule has 0 radical (unpaired) electrons. The van der Waals surface area contributed by atoms with Crippen molar-refractivity contribution in [3.8, 4) is 6.07 Å². The minimum Gasteiger partial charge on any atom is -0.465 e. The Morgan fingerprint density at radius 1 is 1.52 bits per heavy atom. The smallest absolute Gasteiger partial charge is 0.407 e. The van der Waals surface area contributed by atoms with Crippen LogP contribution in [0.25, 0.3) is 10.9 Å². The van der Waals surface area contributed by atoms with Gasteiger partial charge in [-0.2, -0.15) is 5.26 Å². The highest BCUT2D eigenvalue weighted by atomic mass is 79.9. The maximum atomic E-state index is 15.3. The number of fused-ring (bicyclic) bond motifs is 2. The zero-order chi connectivity index (χ0) is 22.4. The van der Waals surface area contributed by atoms with E-state index in [2.05, 4.69) is 32.3 Å². The molecule has 7 nitrogen and oxygen atoms in total.